The van der Waals surface area contributed by atoms with Crippen molar-refractivity contribution in [3.63, 3.8) is 0 Å². The van der Waals surface area contributed by atoms with Gasteiger partial charge in [-0.25, -0.2) is 29.9 Å². The van der Waals surface area contributed by atoms with Gasteiger partial charge in [0.1, 0.15) is 0 Å². The normalized spacial score (nSPS) is 10.2. The van der Waals surface area contributed by atoms with Gasteiger partial charge in [0.05, 0.1) is 35.5 Å². The molecule has 0 amide bonds. The third kappa shape index (κ3) is 5.48. The fraction of sp³-hybridized carbons (Fsp3) is 0. The van der Waals surface area contributed by atoms with Gasteiger partial charge in [0.2, 0.25) is 17.8 Å². The van der Waals surface area contributed by atoms with Gasteiger partial charge < -0.3 is 70.0 Å². The minimum atomic E-state index is 0. The number of hydrogen-bond acceptors (Lipinski definition) is 15. The van der Waals surface area contributed by atoms with E-state index in [-0.39, 0.29) is 38.9 Å². The quantitative estimate of drug-likeness (QED) is 0.0870. The molecule has 19 heteroatoms. The predicted octanol–water partition coefficient (Wildman–Crippen LogP) is -0.480. The maximum atomic E-state index is 5.34. The third-order valence-electron chi connectivity index (χ3n) is 3.81. The SMILES string of the molecule is Nc1nc([S-])c2[nH]cnc2n1.Nc1nc([S-])c2[nH]cnc2n1.Nc1nc([S-])c2[nH]cnc2n1.[Pt]. The Morgan fingerprint density at radius 1 is 0.500 bits per heavy atom. The third-order valence-corrected chi connectivity index (χ3v) is 4.70. The first-order chi connectivity index (χ1) is 15.8. The van der Waals surface area contributed by atoms with Crippen LogP contribution < -0.4 is 17.2 Å². The molecule has 0 radical (unpaired) electrons. The summed E-state index contributed by atoms with van der Waals surface area (Å²) in [5.74, 6) is 0.485. The van der Waals surface area contributed by atoms with Crippen molar-refractivity contribution < 1.29 is 21.1 Å². The summed E-state index contributed by atoms with van der Waals surface area (Å²) < 4.78 is 0. The number of aromatic amines is 3. The Labute approximate surface area is 220 Å². The van der Waals surface area contributed by atoms with Crippen molar-refractivity contribution in [3.8, 4) is 0 Å². The van der Waals surface area contributed by atoms with E-state index in [2.05, 4.69) is 59.8 Å². The topological polar surface area (TPSA) is 241 Å². The van der Waals surface area contributed by atoms with Gasteiger partial charge >= 0.3 is 0 Å². The number of fused-ring (bicyclic) bond motifs is 3. The number of H-pyrrole nitrogens is 3. The van der Waals surface area contributed by atoms with Gasteiger partial charge in [0, 0.05) is 21.1 Å². The monoisotopic (exact) mass is 693 g/mol. The Morgan fingerprint density at radius 2 is 0.765 bits per heavy atom. The summed E-state index contributed by atoms with van der Waals surface area (Å²) >= 11 is 14.7. The molecule has 15 nitrogen and oxygen atoms in total. The number of anilines is 3. The van der Waals surface area contributed by atoms with Gasteiger partial charge in [-0.05, 0) is 0 Å². The fourth-order valence-electron chi connectivity index (χ4n) is 2.47. The zero-order chi connectivity index (χ0) is 23.5. The van der Waals surface area contributed by atoms with Crippen molar-refractivity contribution in [1.29, 1.82) is 0 Å². The van der Waals surface area contributed by atoms with Crippen molar-refractivity contribution in [3.05, 3.63) is 19.0 Å². The van der Waals surface area contributed by atoms with Crippen LogP contribution in [-0.2, 0) is 59.0 Å². The predicted molar refractivity (Wildman–Crippen MR) is 125 cm³/mol. The van der Waals surface area contributed by atoms with Crippen LogP contribution in [0.3, 0.4) is 0 Å². The molecule has 0 fully saturated rings. The van der Waals surface area contributed by atoms with E-state index in [0.29, 0.717) is 48.6 Å². The van der Waals surface area contributed by atoms with Gasteiger partial charge in [-0.15, -0.1) is 0 Å². The number of nitrogens with zero attached hydrogens (tertiary/aromatic N) is 9. The number of nitrogens with two attached hydrogens (primary N) is 3. The van der Waals surface area contributed by atoms with E-state index in [4.69, 9.17) is 55.1 Å². The molecule has 6 aromatic rings. The van der Waals surface area contributed by atoms with Gasteiger partial charge in [-0.2, -0.15) is 15.0 Å². The molecule has 6 aromatic heterocycles. The molecule has 178 valence electrons. The molecule has 0 aliphatic heterocycles. The van der Waals surface area contributed by atoms with Crippen molar-refractivity contribution >= 4 is 89.2 Å². The summed E-state index contributed by atoms with van der Waals surface area (Å²) in [4.78, 5) is 43.0. The summed E-state index contributed by atoms with van der Waals surface area (Å²) in [6.07, 6.45) is 4.53. The Morgan fingerprint density at radius 3 is 1.03 bits per heavy atom. The molecule has 6 heterocycles. The number of rotatable bonds is 0. The summed E-state index contributed by atoms with van der Waals surface area (Å²) in [5, 5.41) is 1.22. The second kappa shape index (κ2) is 10.6. The Balaban J connectivity index is 0.000000141. The van der Waals surface area contributed by atoms with E-state index in [0.717, 1.165) is 0 Å². The van der Waals surface area contributed by atoms with Crippen molar-refractivity contribution in [2.45, 2.75) is 15.1 Å². The van der Waals surface area contributed by atoms with E-state index < -0.39 is 0 Å². The van der Waals surface area contributed by atoms with Crippen LogP contribution in [0.2, 0.25) is 0 Å². The van der Waals surface area contributed by atoms with Crippen LogP contribution in [0, 0.1) is 0 Å². The number of aromatic nitrogens is 12. The standard InChI is InChI=1S/3C5H5N5S.Pt/c3*6-5-9-3-2(4(11)10-5)7-1-8-3;/h3*1H,(H4,6,7,8,9,10,11);/p-3. The smallest absolute Gasteiger partial charge is 0.220 e. The van der Waals surface area contributed by atoms with Crippen molar-refractivity contribution in [2.75, 3.05) is 17.2 Å². The zero-order valence-corrected chi connectivity index (χ0v) is 21.3. The average molecular weight is 694 g/mol. The maximum Gasteiger partial charge on any atom is 0.220 e. The molecule has 6 rings (SSSR count). The number of nitrogens with one attached hydrogen (secondary N) is 3. The number of hydrogen-bond donors (Lipinski definition) is 6. The summed E-state index contributed by atoms with van der Waals surface area (Å²) in [5.41, 5.74) is 19.6. The largest absolute Gasteiger partial charge is 0.758 e. The number of nitrogen functional groups attached to an aromatic ring is 3. The summed E-state index contributed by atoms with van der Waals surface area (Å²) in [6.45, 7) is 0. The minimum absolute atomic E-state index is 0. The molecular formula is C15H12N15PtS3-3. The van der Waals surface area contributed by atoms with Gasteiger partial charge in [0.15, 0.2) is 16.9 Å². The van der Waals surface area contributed by atoms with Crippen LogP contribution in [-0.4, -0.2) is 59.8 Å². The molecule has 34 heavy (non-hydrogen) atoms. The molecular weight excluding hydrogens is 682 g/mol. The Bertz CT molecular complexity index is 1380. The van der Waals surface area contributed by atoms with Crippen LogP contribution in [0.4, 0.5) is 17.8 Å². The van der Waals surface area contributed by atoms with Gasteiger partial charge in [0.25, 0.3) is 0 Å². The first kappa shape index (κ1) is 25.0. The van der Waals surface area contributed by atoms with E-state index in [1.807, 2.05) is 0 Å². The molecule has 0 atom stereocenters. The van der Waals surface area contributed by atoms with E-state index >= 15 is 0 Å². The molecule has 9 N–H and O–H groups in total. The molecule has 0 saturated carbocycles. The van der Waals surface area contributed by atoms with Crippen LogP contribution in [0.1, 0.15) is 0 Å². The first-order valence-corrected chi connectivity index (χ1v) is 9.95. The molecule has 0 aliphatic carbocycles. The molecule has 0 spiro atoms. The van der Waals surface area contributed by atoms with Crippen LogP contribution in [0.15, 0.2) is 34.1 Å². The van der Waals surface area contributed by atoms with Crippen LogP contribution in [0.25, 0.3) is 33.5 Å². The van der Waals surface area contributed by atoms with E-state index in [1.165, 1.54) is 19.0 Å². The summed E-state index contributed by atoms with van der Waals surface area (Å²) in [7, 11) is 0. The van der Waals surface area contributed by atoms with Gasteiger partial charge in [-0.3, -0.25) is 0 Å². The summed E-state index contributed by atoms with van der Waals surface area (Å²) in [6, 6.07) is 0. The Hall–Kier alpha value is -3.60. The Kier molecular flexibility index (Phi) is 7.77. The molecule has 0 bridgehead atoms. The van der Waals surface area contributed by atoms with E-state index in [1.54, 1.807) is 0 Å². The van der Waals surface area contributed by atoms with E-state index in [9.17, 15) is 0 Å². The average Bonchev–Trinajstić information content (AvgIpc) is 3.48. The van der Waals surface area contributed by atoms with Crippen LogP contribution >= 0.6 is 0 Å². The molecule has 0 unspecified atom stereocenters. The number of imidazole rings is 3. The first-order valence-electron chi connectivity index (χ1n) is 8.72. The molecule has 0 saturated heterocycles. The second-order valence-electron chi connectivity index (χ2n) is 5.96. The second-order valence-corrected chi connectivity index (χ2v) is 7.12. The molecule has 0 aromatic carbocycles. The van der Waals surface area contributed by atoms with Crippen LogP contribution in [0.5, 0.6) is 0 Å². The van der Waals surface area contributed by atoms with Gasteiger partial charge in [-0.1, -0.05) is 15.1 Å². The molecule has 0 aliphatic rings. The zero-order valence-electron chi connectivity index (χ0n) is 16.5. The minimum Gasteiger partial charge on any atom is -0.758 e. The van der Waals surface area contributed by atoms with Crippen molar-refractivity contribution in [1.82, 2.24) is 59.8 Å². The fourth-order valence-corrected chi connectivity index (χ4v) is 3.20. The van der Waals surface area contributed by atoms with Crippen molar-refractivity contribution in [2.24, 2.45) is 0 Å². The maximum absolute atomic E-state index is 5.34.